The minimum Gasteiger partial charge on any atom is -0.393 e. The fourth-order valence-electron chi connectivity index (χ4n) is 9.88. The second-order valence-corrected chi connectivity index (χ2v) is 16.5. The quantitative estimate of drug-likeness (QED) is 0.339. The molecule has 1 heterocycles. The van der Waals surface area contributed by atoms with Crippen LogP contribution in [0.25, 0.3) is 0 Å². The molecule has 4 aliphatic carbocycles. The molecular weight excluding hydrogens is 596 g/mol. The van der Waals surface area contributed by atoms with E-state index in [2.05, 4.69) is 64.1 Å². The highest BCUT2D eigenvalue weighted by Gasteiger charge is 2.75. The van der Waals surface area contributed by atoms with Gasteiger partial charge in [-0.2, -0.15) is 11.8 Å². The normalized spacial score (nSPS) is 37.8. The van der Waals surface area contributed by atoms with Gasteiger partial charge in [0.15, 0.2) is 23.5 Å². The summed E-state index contributed by atoms with van der Waals surface area (Å²) >= 11 is 1.95. The molecule has 0 bridgehead atoms. The topological polar surface area (TPSA) is 93.1 Å². The number of aliphatic hydroxyl groups excluding tert-OH is 2. The Hall–Kier alpha value is -2.55. The number of ketones is 2. The van der Waals surface area contributed by atoms with Crippen LogP contribution in [0.5, 0.6) is 0 Å². The number of hydrogen-bond donors (Lipinski definition) is 2. The van der Waals surface area contributed by atoms with E-state index < -0.39 is 41.5 Å². The molecule has 2 aromatic rings. The molecule has 0 unspecified atom stereocenters. The standard InChI is InChI=1S/C39H46O6S/c1-23(2)46-22-26-7-5-24(6-8-26)17-25-9-11-27(12-10-25)36-44-34-19-31-30-14-13-28-18-29(41)15-16-37(28,3)35(30)32(42)20-38(31,4)39(34,45-36)33(43)21-40/h5-12,15-16,18,23,30-32,34-36,40,42H,13-14,17,19-22H2,1-4H3/t30-,31-,32-,34+,35+,36+,37-,38-,39+/m0/s1. The van der Waals surface area contributed by atoms with Gasteiger partial charge >= 0.3 is 0 Å². The van der Waals surface area contributed by atoms with Crippen LogP contribution in [0.3, 0.4) is 0 Å². The molecule has 0 amide bonds. The first-order chi connectivity index (χ1) is 22.0. The van der Waals surface area contributed by atoms with Crippen LogP contribution in [0.15, 0.2) is 72.3 Å². The molecule has 0 aromatic heterocycles. The van der Waals surface area contributed by atoms with E-state index in [9.17, 15) is 19.8 Å². The number of carbonyl (C=O) groups is 2. The monoisotopic (exact) mass is 642 g/mol. The molecule has 46 heavy (non-hydrogen) atoms. The molecule has 2 N–H and O–H groups in total. The molecule has 7 rings (SSSR count). The summed E-state index contributed by atoms with van der Waals surface area (Å²) in [4.78, 5) is 26.0. The minimum atomic E-state index is -1.34. The summed E-state index contributed by atoms with van der Waals surface area (Å²) in [6, 6.07) is 17.0. The van der Waals surface area contributed by atoms with Gasteiger partial charge < -0.3 is 19.7 Å². The van der Waals surface area contributed by atoms with Crippen LogP contribution in [-0.2, 0) is 31.2 Å². The molecule has 4 fully saturated rings. The van der Waals surface area contributed by atoms with Crippen LogP contribution in [0.1, 0.15) is 81.9 Å². The van der Waals surface area contributed by atoms with Crippen molar-refractivity contribution in [2.75, 3.05) is 6.61 Å². The Balaban J connectivity index is 1.11. The van der Waals surface area contributed by atoms with Gasteiger partial charge in [-0.15, -0.1) is 0 Å². The van der Waals surface area contributed by atoms with Crippen molar-refractivity contribution >= 4 is 23.3 Å². The van der Waals surface area contributed by atoms with Crippen molar-refractivity contribution in [1.82, 2.24) is 0 Å². The third-order valence-electron chi connectivity index (χ3n) is 12.1. The first-order valence-corrected chi connectivity index (χ1v) is 17.9. The summed E-state index contributed by atoms with van der Waals surface area (Å²) in [5.74, 6) is 0.809. The van der Waals surface area contributed by atoms with Gasteiger partial charge in [0.25, 0.3) is 0 Å². The Labute approximate surface area is 276 Å². The van der Waals surface area contributed by atoms with E-state index in [1.54, 1.807) is 12.2 Å². The molecule has 6 nitrogen and oxygen atoms in total. The van der Waals surface area contributed by atoms with Gasteiger partial charge in [0.2, 0.25) is 0 Å². The zero-order valence-corrected chi connectivity index (χ0v) is 28.1. The van der Waals surface area contributed by atoms with Gasteiger partial charge in [0.05, 0.1) is 12.2 Å². The SMILES string of the molecule is CC(C)SCc1ccc(Cc2ccc([C@@H]3O[C@@H]4C[C@H]5[C@@H]6CCC7=CC(=O)C=C[C@]7(C)[C@H]6[C@@H](O)C[C@]5(C)[C@]4(C(=O)CO)O3)cc2)cc1. The van der Waals surface area contributed by atoms with Crippen molar-refractivity contribution in [3.05, 3.63) is 94.6 Å². The Morgan fingerprint density at radius 3 is 2.39 bits per heavy atom. The molecular formula is C39H46O6S. The van der Waals surface area contributed by atoms with E-state index in [1.807, 2.05) is 30.0 Å². The van der Waals surface area contributed by atoms with Gasteiger partial charge in [0.1, 0.15) is 6.61 Å². The van der Waals surface area contributed by atoms with Crippen LogP contribution < -0.4 is 0 Å². The van der Waals surface area contributed by atoms with E-state index >= 15 is 0 Å². The third kappa shape index (κ3) is 5.00. The van der Waals surface area contributed by atoms with Crippen molar-refractivity contribution in [3.63, 3.8) is 0 Å². The number of benzene rings is 2. The molecule has 2 aromatic carbocycles. The van der Waals surface area contributed by atoms with E-state index in [1.165, 1.54) is 16.7 Å². The van der Waals surface area contributed by atoms with Crippen molar-refractivity contribution < 1.29 is 29.3 Å². The van der Waals surface area contributed by atoms with E-state index in [0.717, 1.165) is 36.2 Å². The van der Waals surface area contributed by atoms with Gasteiger partial charge in [0, 0.05) is 28.1 Å². The van der Waals surface area contributed by atoms with Gasteiger partial charge in [-0.3, -0.25) is 9.59 Å². The van der Waals surface area contributed by atoms with Crippen LogP contribution in [0, 0.1) is 28.6 Å². The lowest BCUT2D eigenvalue weighted by atomic mass is 9.46. The van der Waals surface area contributed by atoms with E-state index in [0.29, 0.717) is 18.1 Å². The highest BCUT2D eigenvalue weighted by molar-refractivity contribution is 7.99. The maximum atomic E-state index is 13.8. The maximum Gasteiger partial charge on any atom is 0.193 e. The summed E-state index contributed by atoms with van der Waals surface area (Å²) in [6.45, 7) is 8.01. The summed E-state index contributed by atoms with van der Waals surface area (Å²) in [6.07, 6.45) is 6.90. The van der Waals surface area contributed by atoms with Crippen LogP contribution >= 0.6 is 11.8 Å². The van der Waals surface area contributed by atoms with Crippen molar-refractivity contribution in [3.8, 4) is 0 Å². The second-order valence-electron chi connectivity index (χ2n) is 14.9. The predicted octanol–water partition coefficient (Wildman–Crippen LogP) is 6.52. The van der Waals surface area contributed by atoms with Crippen LogP contribution in [0.2, 0.25) is 0 Å². The molecule has 244 valence electrons. The van der Waals surface area contributed by atoms with Gasteiger partial charge in [-0.25, -0.2) is 0 Å². The third-order valence-corrected chi connectivity index (χ3v) is 13.2. The van der Waals surface area contributed by atoms with E-state index in [-0.39, 0.29) is 29.3 Å². The lowest BCUT2D eigenvalue weighted by Gasteiger charge is -2.59. The Morgan fingerprint density at radius 2 is 1.72 bits per heavy atom. The zero-order valence-electron chi connectivity index (χ0n) is 27.3. The maximum absolute atomic E-state index is 13.8. The van der Waals surface area contributed by atoms with Gasteiger partial charge in [-0.05, 0) is 78.0 Å². The average molecular weight is 643 g/mol. The average Bonchev–Trinajstić information content (AvgIpc) is 3.54. The smallest absolute Gasteiger partial charge is 0.193 e. The number of fused-ring (bicyclic) bond motifs is 7. The number of rotatable bonds is 8. The molecule has 1 saturated heterocycles. The minimum absolute atomic E-state index is 0.00950. The Kier molecular flexibility index (Phi) is 8.25. The molecule has 9 atom stereocenters. The molecule has 1 aliphatic heterocycles. The molecule has 0 radical (unpaired) electrons. The molecule has 5 aliphatic rings. The summed E-state index contributed by atoms with van der Waals surface area (Å²) < 4.78 is 13.4. The molecule has 3 saturated carbocycles. The number of thioether (sulfide) groups is 1. The zero-order chi connectivity index (χ0) is 32.4. The fraction of sp³-hybridized carbons (Fsp3) is 0.538. The Morgan fingerprint density at radius 1 is 1.04 bits per heavy atom. The Bertz CT molecular complexity index is 1560. The summed E-state index contributed by atoms with van der Waals surface area (Å²) in [5.41, 5.74) is 3.26. The summed E-state index contributed by atoms with van der Waals surface area (Å²) in [7, 11) is 0. The number of hydrogen-bond acceptors (Lipinski definition) is 7. The fourth-order valence-corrected chi connectivity index (χ4v) is 10.6. The van der Waals surface area contributed by atoms with Gasteiger partial charge in [-0.1, -0.05) is 87.9 Å². The number of aliphatic hydroxyl groups is 2. The first-order valence-electron chi connectivity index (χ1n) is 16.9. The van der Waals surface area contributed by atoms with Crippen molar-refractivity contribution in [2.45, 2.75) is 94.9 Å². The molecule has 7 heteroatoms. The number of allylic oxidation sites excluding steroid dienone is 4. The highest BCUT2D eigenvalue weighted by Crippen LogP contribution is 2.70. The number of Topliss-reactive ketones (excluding diaryl/α,β-unsaturated/α-hetero) is 1. The molecule has 0 spiro atoms. The first kappa shape index (κ1) is 32.0. The lowest BCUT2D eigenvalue weighted by Crippen LogP contribution is -2.63. The largest absolute Gasteiger partial charge is 0.393 e. The van der Waals surface area contributed by atoms with Crippen molar-refractivity contribution in [2.24, 2.45) is 28.6 Å². The van der Waals surface area contributed by atoms with Crippen molar-refractivity contribution in [1.29, 1.82) is 0 Å². The summed E-state index contributed by atoms with van der Waals surface area (Å²) in [5, 5.41) is 22.7. The highest BCUT2D eigenvalue weighted by atomic mass is 32.2. The number of ether oxygens (including phenoxy) is 2. The number of carbonyl (C=O) groups excluding carboxylic acids is 2. The predicted molar refractivity (Wildman–Crippen MR) is 179 cm³/mol. The van der Waals surface area contributed by atoms with Crippen LogP contribution in [-0.4, -0.2) is 51.4 Å². The van der Waals surface area contributed by atoms with Crippen LogP contribution in [0.4, 0.5) is 0 Å². The lowest BCUT2D eigenvalue weighted by molar-refractivity contribution is -0.201. The second kappa shape index (κ2) is 11.9. The van der Waals surface area contributed by atoms with E-state index in [4.69, 9.17) is 9.47 Å².